The van der Waals surface area contributed by atoms with E-state index >= 15 is 19.2 Å². The number of hydrogen-bond donors (Lipinski definition) is 10. The molecule has 0 spiro atoms. The van der Waals surface area contributed by atoms with Gasteiger partial charge in [-0.05, 0) is 107 Å². The fourth-order valence-electron chi connectivity index (χ4n) is 14.0. The maximum atomic E-state index is 15.3. The average molecular weight is 1510 g/mol. The number of rotatable bonds is 14. The monoisotopic (exact) mass is 1500 g/mol. The Kier molecular flexibility index (Phi) is 24.7. The Bertz CT molecular complexity index is 4400. The molecule has 2 fully saturated rings. The summed E-state index contributed by atoms with van der Waals surface area (Å²) in [6.07, 6.45) is 2.52. The molecule has 0 aliphatic carbocycles. The highest BCUT2D eigenvalue weighted by atomic mass is 16.5. The van der Waals surface area contributed by atoms with Gasteiger partial charge in [-0.2, -0.15) is 0 Å². The minimum Gasteiger partial charge on any atom is -0.487 e. The number of amides is 8. The van der Waals surface area contributed by atoms with Crippen molar-refractivity contribution in [1.82, 2.24) is 82.3 Å². The van der Waals surface area contributed by atoms with E-state index in [0.717, 1.165) is 21.5 Å². The van der Waals surface area contributed by atoms with Gasteiger partial charge in [-0.3, -0.25) is 38.4 Å². The average Bonchev–Trinajstić information content (AvgIpc) is 1.62. The van der Waals surface area contributed by atoms with Crippen molar-refractivity contribution in [2.45, 2.75) is 180 Å². The van der Waals surface area contributed by atoms with E-state index in [1.165, 1.54) is 19.2 Å². The molecule has 30 nitrogen and oxygen atoms in total. The largest absolute Gasteiger partial charge is 0.487 e. The zero-order valence-corrected chi connectivity index (χ0v) is 63.2. The third-order valence-corrected chi connectivity index (χ3v) is 20.6. The molecule has 12 unspecified atom stereocenters. The number of carbonyl (C=O) groups excluding carboxylic acids is 8. The van der Waals surface area contributed by atoms with Crippen LogP contribution in [0.4, 0.5) is 0 Å². The lowest BCUT2D eigenvalue weighted by atomic mass is 9.85. The van der Waals surface area contributed by atoms with E-state index in [0.29, 0.717) is 45.1 Å². The van der Waals surface area contributed by atoms with Gasteiger partial charge in [0.1, 0.15) is 84.4 Å². The number of nitrogens with zero attached hydrogens (tertiary/aromatic N) is 8. The second-order valence-corrected chi connectivity index (χ2v) is 30.7. The van der Waals surface area contributed by atoms with Crippen LogP contribution in [-0.2, 0) is 86.8 Å². The minimum absolute atomic E-state index is 0.0434. The second-order valence-electron chi connectivity index (χ2n) is 30.7. The van der Waals surface area contributed by atoms with Gasteiger partial charge in [-0.25, -0.2) is 19.0 Å². The maximum Gasteiger partial charge on any atom is 0.326 e. The number of likely N-dealkylation sites (N-methyl/N-ethyl adjacent to an activating group) is 2. The van der Waals surface area contributed by atoms with Gasteiger partial charge >= 0.3 is 11.9 Å². The molecule has 6 aliphatic heterocycles. The molecule has 8 aromatic rings. The highest BCUT2D eigenvalue weighted by molar-refractivity contribution is 5.99. The third-order valence-electron chi connectivity index (χ3n) is 20.6. The number of carboxylic acid groups (broad SMARTS) is 2. The van der Waals surface area contributed by atoms with Crippen molar-refractivity contribution in [1.29, 1.82) is 0 Å². The summed E-state index contributed by atoms with van der Waals surface area (Å²) in [4.78, 5) is 148. The quantitative estimate of drug-likeness (QED) is 0.0726. The van der Waals surface area contributed by atoms with Gasteiger partial charge in [-0.1, -0.05) is 161 Å². The third kappa shape index (κ3) is 19.1. The van der Waals surface area contributed by atoms with Crippen LogP contribution in [-0.4, -0.2) is 197 Å². The molecule has 10 N–H and O–H groups in total. The molecule has 30 heteroatoms. The molecule has 580 valence electrons. The molecule has 6 aromatic carbocycles. The number of hydrogen-bond acceptors (Lipinski definition) is 18. The van der Waals surface area contributed by atoms with Crippen LogP contribution >= 0.6 is 0 Å². The molecule has 0 radical (unpaired) electrons. The van der Waals surface area contributed by atoms with Gasteiger partial charge in [0.2, 0.25) is 47.3 Å². The summed E-state index contributed by atoms with van der Waals surface area (Å²) in [6, 6.07) is 25.6. The summed E-state index contributed by atoms with van der Waals surface area (Å²) < 4.78 is 15.4. The smallest absolute Gasteiger partial charge is 0.326 e. The summed E-state index contributed by atoms with van der Waals surface area (Å²) in [6.45, 7) is 13.6. The fraction of sp³-hybridized carbons (Fsp3) is 0.425. The lowest BCUT2D eigenvalue weighted by Gasteiger charge is -2.36. The minimum atomic E-state index is -1.52. The number of fused-ring (bicyclic) bond motifs is 2. The van der Waals surface area contributed by atoms with Crippen LogP contribution in [0.3, 0.4) is 0 Å². The summed E-state index contributed by atoms with van der Waals surface area (Å²) in [5.74, 6) is -7.23. The first-order valence-corrected chi connectivity index (χ1v) is 36.8. The number of ether oxygens (including phenoxy) is 2. The van der Waals surface area contributed by atoms with Crippen molar-refractivity contribution < 1.29 is 67.6 Å². The van der Waals surface area contributed by atoms with Crippen LogP contribution < -0.4 is 52.0 Å². The Morgan fingerprint density at radius 1 is 0.500 bits per heavy atom. The Hall–Kier alpha value is -11.7. The van der Waals surface area contributed by atoms with Gasteiger partial charge in [0.15, 0.2) is 0 Å². The highest BCUT2D eigenvalue weighted by Crippen LogP contribution is 2.35. The number of aliphatic carboxylic acids is 2. The molecule has 12 atom stereocenters. The zero-order valence-electron chi connectivity index (χ0n) is 63.2. The van der Waals surface area contributed by atoms with Crippen molar-refractivity contribution in [3.8, 4) is 11.5 Å². The van der Waals surface area contributed by atoms with Crippen LogP contribution in [0.1, 0.15) is 114 Å². The van der Waals surface area contributed by atoms with Crippen LogP contribution in [0.5, 0.6) is 11.5 Å². The number of carboxylic acids is 2. The molecular formula is C80H96N16O14. The first-order valence-electron chi connectivity index (χ1n) is 36.8. The van der Waals surface area contributed by atoms with E-state index in [9.17, 15) is 39.0 Å². The summed E-state index contributed by atoms with van der Waals surface area (Å²) in [7, 11) is 3.22. The molecule has 8 heterocycles. The van der Waals surface area contributed by atoms with Crippen LogP contribution in [0.2, 0.25) is 0 Å². The van der Waals surface area contributed by atoms with E-state index in [-0.39, 0.29) is 64.8 Å². The summed E-state index contributed by atoms with van der Waals surface area (Å²) in [5.41, 5.74) is 1.21. The fourth-order valence-corrected chi connectivity index (χ4v) is 14.0. The van der Waals surface area contributed by atoms with Gasteiger partial charge in [0.25, 0.3) is 0 Å². The van der Waals surface area contributed by atoms with Crippen LogP contribution in [0.25, 0.3) is 21.5 Å². The highest BCUT2D eigenvalue weighted by Gasteiger charge is 2.49. The lowest BCUT2D eigenvalue weighted by molar-refractivity contribution is -0.145. The Morgan fingerprint density at radius 2 is 0.864 bits per heavy atom. The predicted molar refractivity (Wildman–Crippen MR) is 405 cm³/mol. The molecule has 8 amide bonds. The van der Waals surface area contributed by atoms with Gasteiger partial charge < -0.3 is 72.0 Å². The molecule has 12 bridgehead atoms. The molecule has 14 rings (SSSR count). The van der Waals surface area contributed by atoms with Crippen molar-refractivity contribution in [2.75, 3.05) is 27.2 Å². The van der Waals surface area contributed by atoms with Crippen molar-refractivity contribution in [3.63, 3.8) is 0 Å². The summed E-state index contributed by atoms with van der Waals surface area (Å²) in [5, 5.41) is 65.4. The molecule has 110 heavy (non-hydrogen) atoms. The SMILES string of the molecule is CNC(C)C(=O)NC(C(=O)N1CC2CC1C(=O)NC(Cc1cccc3ccccc13)C(=O)NC(C(=O)O)Cc1ccc(cc1)OCc1cn(nn1)C1CC(C(=O)NC(Cc3cccc4ccccc34)C(=O)NC(C(=O)O)Cc3ccc(cc3)OCc3cn2nn3)N(C(=O)C(NC(=O)C(C)NC)C(C)(C)C)C1)C(C)(C)C. The number of aromatic nitrogens is 6. The first-order chi connectivity index (χ1) is 52.4. The first kappa shape index (κ1) is 79.4. The maximum absolute atomic E-state index is 15.3. The second kappa shape index (κ2) is 34.3. The molecule has 2 aromatic heterocycles. The Labute approximate surface area is 636 Å². The van der Waals surface area contributed by atoms with E-state index in [1.54, 1.807) is 130 Å². The van der Waals surface area contributed by atoms with Crippen molar-refractivity contribution >= 4 is 80.7 Å². The number of likely N-dealkylation sites (tertiary alicyclic amines) is 2. The molecular weight excluding hydrogens is 1410 g/mol. The molecule has 2 saturated heterocycles. The molecule has 6 aliphatic rings. The zero-order chi connectivity index (χ0) is 78.9. The van der Waals surface area contributed by atoms with Crippen molar-refractivity contribution in [2.24, 2.45) is 10.8 Å². The van der Waals surface area contributed by atoms with E-state index in [1.807, 2.05) is 84.9 Å². The van der Waals surface area contributed by atoms with E-state index < -0.39 is 143 Å². The Morgan fingerprint density at radius 3 is 1.22 bits per heavy atom. The van der Waals surface area contributed by atoms with Crippen LogP contribution in [0.15, 0.2) is 146 Å². The van der Waals surface area contributed by atoms with E-state index in [2.05, 4.69) is 63.2 Å². The summed E-state index contributed by atoms with van der Waals surface area (Å²) >= 11 is 0. The predicted octanol–water partition coefficient (Wildman–Crippen LogP) is 4.29. The Balaban J connectivity index is 0.928. The standard InChI is InChI=1S/C80H96N16O14/c1-45(81-9)69(97)87-67(79(3,4)5)75(103)93-41-55-37-65(93)73(101)83-61(35-51-21-15-19-49-17-11-13-23-59(49)51)71(99)85-63(77(105)106)33-47-27-31-58(32-28-47)110-44-54-40-96(92-90-54)56-38-66(94(42-56)76(104)68(80(6,7)8)88-70(98)46(2)82-10)74(102)84-62(36-52-22-16-20-50-18-12-14-24-60(50)52)72(100)86-64(78(107)108)34-48-25-29-57(30-26-48)109-43-53-39-95(55)91-89-53/h11-32,39-40,45-46,55-56,61-68,81-82H,33-38,41-44H2,1-10H3,(H,83,101)(H,84,102)(H,85,99)(H,86,100)(H,87,97)(H,88,98)(H,105,106)(H,107,108). The topological polar surface area (TPSA) is 394 Å². The van der Waals surface area contributed by atoms with Crippen LogP contribution in [0, 0.1) is 10.8 Å². The number of benzene rings is 6. The number of nitrogens with one attached hydrogen (secondary N) is 8. The lowest BCUT2D eigenvalue weighted by Crippen LogP contribution is -2.60. The van der Waals surface area contributed by atoms with Gasteiger partial charge in [-0.15, -0.1) is 10.2 Å². The van der Waals surface area contributed by atoms with Crippen molar-refractivity contribution in [3.05, 3.63) is 179 Å². The molecule has 0 saturated carbocycles. The normalized spacial score (nSPS) is 21.7. The van der Waals surface area contributed by atoms with E-state index in [4.69, 9.17) is 9.47 Å². The number of carbonyl (C=O) groups is 10. The van der Waals surface area contributed by atoms with Gasteiger partial charge in [0, 0.05) is 51.6 Å². The van der Waals surface area contributed by atoms with Gasteiger partial charge in [0.05, 0.1) is 36.6 Å².